The molecule has 1 aromatic rings. The zero-order valence-electron chi connectivity index (χ0n) is 9.24. The summed E-state index contributed by atoms with van der Waals surface area (Å²) >= 11 is 0. The van der Waals surface area contributed by atoms with Gasteiger partial charge in [0.05, 0.1) is 22.7 Å². The summed E-state index contributed by atoms with van der Waals surface area (Å²) in [5.74, 6) is -0.235. The molecule has 0 aliphatic rings. The third kappa shape index (κ3) is 2.69. The summed E-state index contributed by atoms with van der Waals surface area (Å²) in [6.45, 7) is -0.868. The van der Waals surface area contributed by atoms with E-state index in [0.29, 0.717) is 0 Å². The quantitative estimate of drug-likeness (QED) is 0.448. The number of nitrogens with zero attached hydrogens (tertiary/aromatic N) is 3. The highest BCUT2D eigenvalue weighted by Gasteiger charge is 2.24. The molecule has 0 aliphatic carbocycles. The Hall–Kier alpha value is -2.29. The SMILES string of the molecule is N#CCN(CC#N)S(=O)(=O)c1ccc(O)c(N)c1. The molecule has 0 saturated heterocycles. The van der Waals surface area contributed by atoms with Crippen LogP contribution in [-0.4, -0.2) is 30.9 Å². The van der Waals surface area contributed by atoms with Crippen molar-refractivity contribution in [2.75, 3.05) is 18.8 Å². The molecule has 8 heteroatoms. The lowest BCUT2D eigenvalue weighted by molar-refractivity contribution is 0.474. The summed E-state index contributed by atoms with van der Waals surface area (Å²) < 4.78 is 24.8. The van der Waals surface area contributed by atoms with E-state index in [4.69, 9.17) is 16.3 Å². The van der Waals surface area contributed by atoms with Gasteiger partial charge in [0.15, 0.2) is 0 Å². The number of rotatable bonds is 4. The molecule has 3 N–H and O–H groups in total. The van der Waals surface area contributed by atoms with Gasteiger partial charge in [0, 0.05) is 0 Å². The van der Waals surface area contributed by atoms with Gasteiger partial charge in [-0.15, -0.1) is 0 Å². The molecule has 0 aromatic heterocycles. The number of anilines is 1. The first-order valence-corrected chi connectivity index (χ1v) is 6.20. The Morgan fingerprint density at radius 2 is 1.83 bits per heavy atom. The molecule has 94 valence electrons. The van der Waals surface area contributed by atoms with Gasteiger partial charge < -0.3 is 10.8 Å². The maximum atomic E-state index is 12.1. The number of phenols is 1. The number of hydrogen-bond donors (Lipinski definition) is 2. The maximum absolute atomic E-state index is 12.1. The molecule has 0 atom stereocenters. The molecule has 0 amide bonds. The largest absolute Gasteiger partial charge is 0.506 e. The highest BCUT2D eigenvalue weighted by Crippen LogP contribution is 2.25. The lowest BCUT2D eigenvalue weighted by Gasteiger charge is -2.16. The van der Waals surface area contributed by atoms with Crippen molar-refractivity contribution in [2.45, 2.75) is 4.90 Å². The van der Waals surface area contributed by atoms with Crippen molar-refractivity contribution >= 4 is 15.7 Å². The van der Waals surface area contributed by atoms with Crippen molar-refractivity contribution in [2.24, 2.45) is 0 Å². The number of nitrogens with two attached hydrogens (primary N) is 1. The van der Waals surface area contributed by atoms with Crippen LogP contribution in [0.1, 0.15) is 0 Å². The second kappa shape index (κ2) is 5.36. The normalized spacial score (nSPS) is 10.8. The smallest absolute Gasteiger partial charge is 0.245 e. The predicted octanol–water partition coefficient (Wildman–Crippen LogP) is 0.0123. The fourth-order valence-electron chi connectivity index (χ4n) is 1.23. The zero-order chi connectivity index (χ0) is 13.8. The van der Waals surface area contributed by atoms with Gasteiger partial charge in [-0.25, -0.2) is 8.42 Å². The van der Waals surface area contributed by atoms with E-state index in [9.17, 15) is 13.5 Å². The number of nitrogen functional groups attached to an aromatic ring is 1. The number of hydrogen-bond acceptors (Lipinski definition) is 6. The molecule has 0 radical (unpaired) electrons. The summed E-state index contributed by atoms with van der Waals surface area (Å²) in [5.41, 5.74) is 5.31. The minimum absolute atomic E-state index is 0.0926. The van der Waals surface area contributed by atoms with Crippen molar-refractivity contribution in [1.29, 1.82) is 10.5 Å². The van der Waals surface area contributed by atoms with E-state index in [1.54, 1.807) is 12.1 Å². The molecule has 0 unspecified atom stereocenters. The van der Waals surface area contributed by atoms with Crippen LogP contribution >= 0.6 is 0 Å². The molecular weight excluding hydrogens is 256 g/mol. The van der Waals surface area contributed by atoms with Crippen molar-refractivity contribution in [3.8, 4) is 17.9 Å². The van der Waals surface area contributed by atoms with E-state index in [2.05, 4.69) is 0 Å². The average Bonchev–Trinajstić information content (AvgIpc) is 2.32. The first-order valence-electron chi connectivity index (χ1n) is 4.76. The molecule has 7 nitrogen and oxygen atoms in total. The second-order valence-corrected chi connectivity index (χ2v) is 5.25. The van der Waals surface area contributed by atoms with Crippen LogP contribution < -0.4 is 5.73 Å². The van der Waals surface area contributed by atoms with Crippen LogP contribution in [0.3, 0.4) is 0 Å². The molecule has 1 rings (SSSR count). The van der Waals surface area contributed by atoms with Crippen molar-refractivity contribution in [3.63, 3.8) is 0 Å². The van der Waals surface area contributed by atoms with Crippen LogP contribution in [0.15, 0.2) is 23.1 Å². The van der Waals surface area contributed by atoms with Crippen LogP contribution in [0.5, 0.6) is 5.75 Å². The monoisotopic (exact) mass is 266 g/mol. The van der Waals surface area contributed by atoms with Crippen molar-refractivity contribution < 1.29 is 13.5 Å². The molecular formula is C10H10N4O3S. The second-order valence-electron chi connectivity index (χ2n) is 3.31. The van der Waals surface area contributed by atoms with Gasteiger partial charge in [-0.05, 0) is 18.2 Å². The summed E-state index contributed by atoms with van der Waals surface area (Å²) in [5, 5.41) is 26.3. The van der Waals surface area contributed by atoms with Gasteiger partial charge in [0.25, 0.3) is 0 Å². The first-order chi connectivity index (χ1) is 8.43. The van der Waals surface area contributed by atoms with Gasteiger partial charge in [-0.2, -0.15) is 14.8 Å². The summed E-state index contributed by atoms with van der Waals surface area (Å²) in [6.07, 6.45) is 0. The van der Waals surface area contributed by atoms with Crippen LogP contribution in [-0.2, 0) is 10.0 Å². The topological polar surface area (TPSA) is 131 Å². The van der Waals surface area contributed by atoms with Gasteiger partial charge in [-0.3, -0.25) is 0 Å². The average molecular weight is 266 g/mol. The number of phenolic OH excluding ortho intramolecular Hbond substituents is 1. The molecule has 0 heterocycles. The Labute approximate surface area is 104 Å². The number of nitriles is 2. The summed E-state index contributed by atoms with van der Waals surface area (Å²) in [6, 6.07) is 6.71. The van der Waals surface area contributed by atoms with E-state index >= 15 is 0 Å². The molecule has 18 heavy (non-hydrogen) atoms. The van der Waals surface area contributed by atoms with Gasteiger partial charge >= 0.3 is 0 Å². The highest BCUT2D eigenvalue weighted by atomic mass is 32.2. The first kappa shape index (κ1) is 13.8. The Bertz CT molecular complexity index is 612. The number of sulfonamides is 1. The van der Waals surface area contributed by atoms with Crippen molar-refractivity contribution in [3.05, 3.63) is 18.2 Å². The van der Waals surface area contributed by atoms with E-state index in [0.717, 1.165) is 22.5 Å². The minimum atomic E-state index is -3.97. The molecule has 0 bridgehead atoms. The number of benzene rings is 1. The maximum Gasteiger partial charge on any atom is 0.245 e. The van der Waals surface area contributed by atoms with Gasteiger partial charge in [0.2, 0.25) is 10.0 Å². The summed E-state index contributed by atoms with van der Waals surface area (Å²) in [7, 11) is -3.97. The van der Waals surface area contributed by atoms with E-state index in [1.165, 1.54) is 0 Å². The van der Waals surface area contributed by atoms with E-state index < -0.39 is 23.1 Å². The lowest BCUT2D eigenvalue weighted by Crippen LogP contribution is -2.31. The van der Waals surface area contributed by atoms with E-state index in [1.807, 2.05) is 0 Å². The predicted molar refractivity (Wildman–Crippen MR) is 62.5 cm³/mol. The molecule has 1 aromatic carbocycles. The number of aromatic hydroxyl groups is 1. The Morgan fingerprint density at radius 3 is 2.28 bits per heavy atom. The Morgan fingerprint density at radius 1 is 1.28 bits per heavy atom. The standard InChI is InChI=1S/C10H10N4O3S/c11-3-5-14(6-4-12)18(16,17)8-1-2-10(15)9(13)7-8/h1-2,7,15H,5-6,13H2. The van der Waals surface area contributed by atoms with Crippen LogP contribution in [0.25, 0.3) is 0 Å². The fraction of sp³-hybridized carbons (Fsp3) is 0.200. The van der Waals surface area contributed by atoms with E-state index in [-0.39, 0.29) is 16.3 Å². The molecule has 0 spiro atoms. The molecule has 0 aliphatic heterocycles. The fourth-order valence-corrected chi connectivity index (χ4v) is 2.50. The third-order valence-electron chi connectivity index (χ3n) is 2.13. The summed E-state index contributed by atoms with van der Waals surface area (Å²) in [4.78, 5) is -0.177. The molecule has 0 saturated carbocycles. The van der Waals surface area contributed by atoms with Crippen LogP contribution in [0.4, 0.5) is 5.69 Å². The lowest BCUT2D eigenvalue weighted by atomic mass is 10.3. The van der Waals surface area contributed by atoms with Crippen molar-refractivity contribution in [1.82, 2.24) is 4.31 Å². The highest BCUT2D eigenvalue weighted by molar-refractivity contribution is 7.89. The van der Waals surface area contributed by atoms with Gasteiger partial charge in [-0.1, -0.05) is 0 Å². The molecule has 0 fully saturated rings. The Kier molecular flexibility index (Phi) is 4.10. The minimum Gasteiger partial charge on any atom is -0.506 e. The van der Waals surface area contributed by atoms with Gasteiger partial charge in [0.1, 0.15) is 18.8 Å². The third-order valence-corrected chi connectivity index (χ3v) is 3.92. The van der Waals surface area contributed by atoms with Crippen LogP contribution in [0.2, 0.25) is 0 Å². The van der Waals surface area contributed by atoms with Crippen LogP contribution in [0, 0.1) is 22.7 Å². The zero-order valence-corrected chi connectivity index (χ0v) is 10.1. The Balaban J connectivity index is 3.23.